The number of hydrogen-bond acceptors (Lipinski definition) is 5. The lowest BCUT2D eigenvalue weighted by molar-refractivity contribution is -0.142. The summed E-state index contributed by atoms with van der Waals surface area (Å²) in [5, 5.41) is 11.9. The van der Waals surface area contributed by atoms with Crippen molar-refractivity contribution in [3.63, 3.8) is 0 Å². The maximum Gasteiger partial charge on any atom is 0.416 e. The minimum absolute atomic E-state index is 0.266. The van der Waals surface area contributed by atoms with E-state index in [-0.39, 0.29) is 11.9 Å². The molecule has 3 rings (SSSR count). The van der Waals surface area contributed by atoms with Crippen LogP contribution in [0.3, 0.4) is 0 Å². The summed E-state index contributed by atoms with van der Waals surface area (Å²) >= 11 is 0. The number of nitrogens with zero attached hydrogens (tertiary/aromatic N) is 3. The second kappa shape index (κ2) is 7.19. The molecule has 1 aliphatic heterocycles. The van der Waals surface area contributed by atoms with Crippen LogP contribution in [0.2, 0.25) is 0 Å². The van der Waals surface area contributed by atoms with Crippen LogP contribution in [0, 0.1) is 5.92 Å². The molecule has 0 radical (unpaired) electrons. The lowest BCUT2D eigenvalue weighted by atomic mass is 9.97. The number of nitrogens with one attached hydrogen (secondary N) is 1. The molecule has 0 spiro atoms. The second-order valence-corrected chi connectivity index (χ2v) is 6.04. The van der Waals surface area contributed by atoms with Crippen LogP contribution >= 0.6 is 0 Å². The van der Waals surface area contributed by atoms with Crippen LogP contribution in [0.15, 0.2) is 36.5 Å². The van der Waals surface area contributed by atoms with Crippen molar-refractivity contribution >= 4 is 23.4 Å². The predicted octanol–water partition coefficient (Wildman–Crippen LogP) is 3.54. The van der Waals surface area contributed by atoms with Gasteiger partial charge >= 0.3 is 12.1 Å². The largest absolute Gasteiger partial charge is 0.481 e. The number of anilines is 3. The highest BCUT2D eigenvalue weighted by atomic mass is 19.4. The third-order valence-electron chi connectivity index (χ3n) is 4.28. The van der Waals surface area contributed by atoms with E-state index in [9.17, 15) is 18.0 Å². The Labute approximate surface area is 147 Å². The fourth-order valence-corrected chi connectivity index (χ4v) is 2.81. The summed E-state index contributed by atoms with van der Waals surface area (Å²) in [4.78, 5) is 21.4. The highest BCUT2D eigenvalue weighted by Gasteiger charge is 2.30. The minimum Gasteiger partial charge on any atom is -0.481 e. The molecule has 1 aromatic carbocycles. The number of carbonyl (C=O) groups is 1. The molecule has 2 heterocycles. The van der Waals surface area contributed by atoms with Crippen molar-refractivity contribution in [1.82, 2.24) is 9.97 Å². The van der Waals surface area contributed by atoms with E-state index in [1.807, 2.05) is 4.90 Å². The van der Waals surface area contributed by atoms with Crippen LogP contribution in [-0.2, 0) is 11.0 Å². The van der Waals surface area contributed by atoms with Gasteiger partial charge in [-0.1, -0.05) is 0 Å². The van der Waals surface area contributed by atoms with Crippen LogP contribution in [0.4, 0.5) is 30.6 Å². The zero-order chi connectivity index (χ0) is 18.7. The standard InChI is InChI=1S/C17H17F3N4O2/c18-17(19,20)12-1-3-13(4-2-12)22-16-21-8-5-14(23-16)24-9-6-11(7-10-24)15(25)26/h1-5,8,11H,6-7,9-10H2,(H,25,26)(H,21,22,23). The molecular formula is C17H17F3N4O2. The van der Waals surface area contributed by atoms with Crippen molar-refractivity contribution in [3.05, 3.63) is 42.1 Å². The molecule has 138 valence electrons. The highest BCUT2D eigenvalue weighted by molar-refractivity contribution is 5.70. The Kier molecular flexibility index (Phi) is 4.97. The second-order valence-electron chi connectivity index (χ2n) is 6.04. The maximum atomic E-state index is 12.6. The van der Waals surface area contributed by atoms with Gasteiger partial charge in [0.1, 0.15) is 5.82 Å². The van der Waals surface area contributed by atoms with Crippen LogP contribution in [0.1, 0.15) is 18.4 Å². The van der Waals surface area contributed by atoms with Gasteiger partial charge < -0.3 is 15.3 Å². The Bertz CT molecular complexity index is 772. The van der Waals surface area contributed by atoms with Gasteiger partial charge in [-0.2, -0.15) is 18.2 Å². The summed E-state index contributed by atoms with van der Waals surface area (Å²) in [6.45, 7) is 1.15. The molecule has 0 bridgehead atoms. The number of aliphatic carboxylic acids is 1. The molecule has 2 N–H and O–H groups in total. The van der Waals surface area contributed by atoms with E-state index in [0.29, 0.717) is 37.4 Å². The molecular weight excluding hydrogens is 349 g/mol. The van der Waals surface area contributed by atoms with E-state index in [1.165, 1.54) is 12.1 Å². The Hall–Kier alpha value is -2.84. The molecule has 26 heavy (non-hydrogen) atoms. The third kappa shape index (κ3) is 4.22. The monoisotopic (exact) mass is 366 g/mol. The number of aromatic nitrogens is 2. The average Bonchev–Trinajstić information content (AvgIpc) is 2.62. The van der Waals surface area contributed by atoms with Crippen LogP contribution < -0.4 is 10.2 Å². The summed E-state index contributed by atoms with van der Waals surface area (Å²) in [7, 11) is 0. The van der Waals surface area contributed by atoms with Gasteiger partial charge in [0.15, 0.2) is 0 Å². The molecule has 0 saturated carbocycles. The molecule has 0 atom stereocenters. The molecule has 1 aromatic heterocycles. The number of carboxylic acid groups (broad SMARTS) is 1. The van der Waals surface area contributed by atoms with Crippen LogP contribution in [0.5, 0.6) is 0 Å². The van der Waals surface area contributed by atoms with E-state index in [1.54, 1.807) is 12.3 Å². The van der Waals surface area contributed by atoms with Crippen molar-refractivity contribution in [1.29, 1.82) is 0 Å². The van der Waals surface area contributed by atoms with Gasteiger partial charge in [0, 0.05) is 25.0 Å². The number of halogens is 3. The first-order valence-corrected chi connectivity index (χ1v) is 8.08. The molecule has 0 aliphatic carbocycles. The summed E-state index contributed by atoms with van der Waals surface area (Å²) < 4.78 is 37.8. The first-order chi connectivity index (χ1) is 12.3. The zero-order valence-electron chi connectivity index (χ0n) is 13.7. The van der Waals surface area contributed by atoms with Gasteiger partial charge in [0.2, 0.25) is 5.95 Å². The first-order valence-electron chi connectivity index (χ1n) is 8.08. The number of carboxylic acids is 1. The van der Waals surface area contributed by atoms with Gasteiger partial charge in [0.05, 0.1) is 11.5 Å². The quantitative estimate of drug-likeness (QED) is 0.862. The summed E-state index contributed by atoms with van der Waals surface area (Å²) in [5.41, 5.74) is -0.279. The Morgan fingerprint density at radius 2 is 1.81 bits per heavy atom. The van der Waals surface area contributed by atoms with Gasteiger partial charge in [-0.3, -0.25) is 4.79 Å². The van der Waals surface area contributed by atoms with Crippen molar-refractivity contribution in [2.75, 3.05) is 23.3 Å². The Morgan fingerprint density at radius 1 is 1.15 bits per heavy atom. The topological polar surface area (TPSA) is 78.3 Å². The van der Waals surface area contributed by atoms with Crippen molar-refractivity contribution < 1.29 is 23.1 Å². The zero-order valence-corrected chi connectivity index (χ0v) is 13.7. The Morgan fingerprint density at radius 3 is 2.38 bits per heavy atom. The first kappa shape index (κ1) is 18.0. The maximum absolute atomic E-state index is 12.6. The number of benzene rings is 1. The van der Waals surface area contributed by atoms with E-state index < -0.39 is 17.7 Å². The van der Waals surface area contributed by atoms with E-state index in [4.69, 9.17) is 5.11 Å². The van der Waals surface area contributed by atoms with Gasteiger partial charge in [-0.25, -0.2) is 4.98 Å². The van der Waals surface area contributed by atoms with E-state index in [0.717, 1.165) is 12.1 Å². The fraction of sp³-hybridized carbons (Fsp3) is 0.353. The van der Waals surface area contributed by atoms with Crippen molar-refractivity contribution in [2.24, 2.45) is 5.92 Å². The third-order valence-corrected chi connectivity index (χ3v) is 4.28. The summed E-state index contributed by atoms with van der Waals surface area (Å²) in [5.74, 6) is -0.198. The fourth-order valence-electron chi connectivity index (χ4n) is 2.81. The predicted molar refractivity (Wildman–Crippen MR) is 89.3 cm³/mol. The highest BCUT2D eigenvalue weighted by Crippen LogP contribution is 2.30. The minimum atomic E-state index is -4.38. The molecule has 0 unspecified atom stereocenters. The normalized spacial score (nSPS) is 15.7. The molecule has 2 aromatic rings. The van der Waals surface area contributed by atoms with Crippen LogP contribution in [-0.4, -0.2) is 34.1 Å². The number of hydrogen-bond donors (Lipinski definition) is 2. The molecule has 6 nitrogen and oxygen atoms in total. The molecule has 1 fully saturated rings. The molecule has 1 aliphatic rings. The van der Waals surface area contributed by atoms with Gasteiger partial charge in [-0.05, 0) is 43.2 Å². The SMILES string of the molecule is O=C(O)C1CCN(c2ccnc(Nc3ccc(C(F)(F)F)cc3)n2)CC1. The number of alkyl halides is 3. The van der Waals surface area contributed by atoms with Crippen molar-refractivity contribution in [2.45, 2.75) is 19.0 Å². The van der Waals surface area contributed by atoms with E-state index in [2.05, 4.69) is 15.3 Å². The lowest BCUT2D eigenvalue weighted by Gasteiger charge is -2.31. The number of piperidine rings is 1. The number of rotatable bonds is 4. The van der Waals surface area contributed by atoms with Gasteiger partial charge in [-0.15, -0.1) is 0 Å². The van der Waals surface area contributed by atoms with Crippen LogP contribution in [0.25, 0.3) is 0 Å². The lowest BCUT2D eigenvalue weighted by Crippen LogP contribution is -2.36. The molecule has 1 saturated heterocycles. The smallest absolute Gasteiger partial charge is 0.416 e. The average molecular weight is 366 g/mol. The van der Waals surface area contributed by atoms with E-state index >= 15 is 0 Å². The summed E-state index contributed by atoms with van der Waals surface area (Å²) in [6, 6.07) is 6.33. The summed E-state index contributed by atoms with van der Waals surface area (Å²) in [6.07, 6.45) is -1.74. The Balaban J connectivity index is 1.67. The molecule has 0 amide bonds. The van der Waals surface area contributed by atoms with Crippen molar-refractivity contribution in [3.8, 4) is 0 Å². The van der Waals surface area contributed by atoms with Gasteiger partial charge in [0.25, 0.3) is 0 Å². The molecule has 9 heteroatoms.